The van der Waals surface area contributed by atoms with Crippen LogP contribution < -0.4 is 4.90 Å². The van der Waals surface area contributed by atoms with Crippen molar-refractivity contribution in [3.05, 3.63) is 84.0 Å². The molecule has 1 N–H and O–H groups in total. The Morgan fingerprint density at radius 1 is 1.10 bits per heavy atom. The Hall–Kier alpha value is -2.70. The summed E-state index contributed by atoms with van der Waals surface area (Å²) in [6, 6.07) is 8.36. The lowest BCUT2D eigenvalue weighted by atomic mass is 9.68. The molecule has 2 aliphatic rings. The Balaban J connectivity index is 1.92. The fraction of sp³-hybridized carbons (Fsp3) is 0.182. The van der Waals surface area contributed by atoms with Gasteiger partial charge in [0.15, 0.2) is 21.3 Å². The number of allylic oxidation sites excluding steroid dienone is 3. The average molecular weight is 450 g/mol. The molecule has 1 aliphatic heterocycles. The van der Waals surface area contributed by atoms with Crippen molar-refractivity contribution in [3.8, 4) is 5.75 Å². The van der Waals surface area contributed by atoms with Crippen molar-refractivity contribution >= 4 is 40.7 Å². The molecule has 1 saturated heterocycles. The van der Waals surface area contributed by atoms with Gasteiger partial charge in [-0.1, -0.05) is 24.8 Å². The van der Waals surface area contributed by atoms with Crippen LogP contribution in [0.25, 0.3) is 0 Å². The van der Waals surface area contributed by atoms with E-state index in [1.807, 2.05) is 0 Å². The summed E-state index contributed by atoms with van der Waals surface area (Å²) < 4.78 is 27.5. The van der Waals surface area contributed by atoms with E-state index in [0.29, 0.717) is 5.57 Å². The molecule has 0 bridgehead atoms. The van der Waals surface area contributed by atoms with E-state index in [4.69, 9.17) is 23.2 Å². The number of imide groups is 1. The highest BCUT2D eigenvalue weighted by molar-refractivity contribution is 6.58. The summed E-state index contributed by atoms with van der Waals surface area (Å²) in [5.74, 6) is -4.58. The van der Waals surface area contributed by atoms with Gasteiger partial charge in [-0.3, -0.25) is 9.59 Å². The van der Waals surface area contributed by atoms with Crippen LogP contribution in [0.4, 0.5) is 14.5 Å². The Bertz CT molecular complexity index is 1120. The third kappa shape index (κ3) is 2.63. The highest BCUT2D eigenvalue weighted by atomic mass is 35.5. The maximum absolute atomic E-state index is 14.1. The SMILES string of the molecule is C=CC1=CC[C@@]2(Cl)C(=O)N(c3ccc(F)cc3)C(=O)[C@@]2(Cl)[C@H]1c1ccc(O)c(F)c1. The first-order valence-electron chi connectivity index (χ1n) is 8.98. The number of benzene rings is 2. The van der Waals surface area contributed by atoms with Crippen molar-refractivity contribution in [2.24, 2.45) is 0 Å². The number of fused-ring (bicyclic) bond motifs is 1. The maximum Gasteiger partial charge on any atom is 0.258 e. The predicted molar refractivity (Wildman–Crippen MR) is 110 cm³/mol. The second-order valence-electron chi connectivity index (χ2n) is 7.19. The fourth-order valence-electron chi connectivity index (χ4n) is 4.10. The smallest absolute Gasteiger partial charge is 0.258 e. The van der Waals surface area contributed by atoms with Crippen molar-refractivity contribution in [3.63, 3.8) is 0 Å². The number of rotatable bonds is 3. The molecule has 1 fully saturated rings. The van der Waals surface area contributed by atoms with Gasteiger partial charge in [-0.25, -0.2) is 13.7 Å². The number of halogens is 4. The molecule has 30 heavy (non-hydrogen) atoms. The van der Waals surface area contributed by atoms with Crippen LogP contribution in [0.1, 0.15) is 17.9 Å². The van der Waals surface area contributed by atoms with E-state index in [-0.39, 0.29) is 17.7 Å². The van der Waals surface area contributed by atoms with Crippen LogP contribution in [0, 0.1) is 11.6 Å². The molecule has 2 amide bonds. The van der Waals surface area contributed by atoms with E-state index in [2.05, 4.69) is 6.58 Å². The van der Waals surface area contributed by atoms with Gasteiger partial charge in [-0.05, 0) is 54.0 Å². The number of carbonyl (C=O) groups is 2. The lowest BCUT2D eigenvalue weighted by molar-refractivity contribution is -0.122. The molecule has 1 heterocycles. The maximum atomic E-state index is 14.1. The van der Waals surface area contributed by atoms with Gasteiger partial charge in [0.1, 0.15) is 5.82 Å². The minimum absolute atomic E-state index is 0.0568. The van der Waals surface area contributed by atoms with Crippen LogP contribution in [-0.4, -0.2) is 26.7 Å². The van der Waals surface area contributed by atoms with Crippen molar-refractivity contribution in [1.82, 2.24) is 0 Å². The predicted octanol–water partition coefficient (Wildman–Crippen LogP) is 4.80. The lowest BCUT2D eigenvalue weighted by Crippen LogP contribution is -2.54. The van der Waals surface area contributed by atoms with E-state index in [1.54, 1.807) is 6.08 Å². The molecule has 8 heteroatoms. The monoisotopic (exact) mass is 449 g/mol. The summed E-state index contributed by atoms with van der Waals surface area (Å²) in [6.07, 6.45) is 3.04. The van der Waals surface area contributed by atoms with Gasteiger partial charge in [0.2, 0.25) is 0 Å². The van der Waals surface area contributed by atoms with Crippen LogP contribution in [0.15, 0.2) is 66.8 Å². The average Bonchev–Trinajstić information content (AvgIpc) is 2.88. The number of phenolic OH excluding ortho intramolecular Hbond substituents is 1. The zero-order chi connectivity index (χ0) is 21.8. The Labute approximate surface area is 181 Å². The van der Waals surface area contributed by atoms with Crippen LogP contribution in [0.2, 0.25) is 0 Å². The second kappa shape index (κ2) is 6.93. The van der Waals surface area contributed by atoms with Crippen LogP contribution in [0.3, 0.4) is 0 Å². The fourth-order valence-corrected chi connectivity index (χ4v) is 4.95. The van der Waals surface area contributed by atoms with Crippen molar-refractivity contribution in [2.75, 3.05) is 4.90 Å². The lowest BCUT2D eigenvalue weighted by Gasteiger charge is -2.42. The van der Waals surface area contributed by atoms with Crippen LogP contribution in [-0.2, 0) is 9.59 Å². The molecule has 2 aromatic rings. The summed E-state index contributed by atoms with van der Waals surface area (Å²) in [4.78, 5) is 23.8. The molecule has 0 saturated carbocycles. The van der Waals surface area contributed by atoms with Gasteiger partial charge in [-0.15, -0.1) is 23.2 Å². The summed E-state index contributed by atoms with van der Waals surface area (Å²) in [7, 11) is 0. The molecule has 154 valence electrons. The Morgan fingerprint density at radius 2 is 1.77 bits per heavy atom. The molecule has 4 nitrogen and oxygen atoms in total. The largest absolute Gasteiger partial charge is 0.505 e. The zero-order valence-electron chi connectivity index (χ0n) is 15.4. The van der Waals surface area contributed by atoms with E-state index >= 15 is 0 Å². The third-order valence-electron chi connectivity index (χ3n) is 5.61. The van der Waals surface area contributed by atoms with E-state index in [9.17, 15) is 23.5 Å². The summed E-state index contributed by atoms with van der Waals surface area (Å²) in [5, 5.41) is 9.55. The molecule has 2 aromatic carbocycles. The van der Waals surface area contributed by atoms with Gasteiger partial charge in [0.25, 0.3) is 11.8 Å². The highest BCUT2D eigenvalue weighted by Crippen LogP contribution is 2.59. The van der Waals surface area contributed by atoms with Crippen molar-refractivity contribution in [1.29, 1.82) is 0 Å². The Kier molecular flexibility index (Phi) is 4.75. The molecular weight excluding hydrogens is 435 g/mol. The third-order valence-corrected chi connectivity index (χ3v) is 7.02. The van der Waals surface area contributed by atoms with Crippen molar-refractivity contribution < 1.29 is 23.5 Å². The number of phenols is 1. The normalized spacial score (nSPS) is 28.3. The molecule has 4 rings (SSSR count). The molecule has 0 aromatic heterocycles. The second-order valence-corrected chi connectivity index (χ2v) is 8.43. The molecule has 3 atom stereocenters. The first-order valence-corrected chi connectivity index (χ1v) is 9.74. The zero-order valence-corrected chi connectivity index (χ0v) is 16.9. The quantitative estimate of drug-likeness (QED) is 0.540. The molecule has 0 radical (unpaired) electrons. The van der Waals surface area contributed by atoms with Crippen LogP contribution in [0.5, 0.6) is 5.75 Å². The summed E-state index contributed by atoms with van der Waals surface area (Å²) in [6.45, 7) is 3.73. The molecule has 0 spiro atoms. The van der Waals surface area contributed by atoms with E-state index in [0.717, 1.165) is 29.2 Å². The first kappa shape index (κ1) is 20.6. The number of hydrogen-bond acceptors (Lipinski definition) is 3. The number of nitrogens with zero attached hydrogens (tertiary/aromatic N) is 1. The number of alkyl halides is 2. The van der Waals surface area contributed by atoms with Gasteiger partial charge in [0.05, 0.1) is 5.69 Å². The Morgan fingerprint density at radius 3 is 2.37 bits per heavy atom. The number of aromatic hydroxyl groups is 1. The summed E-state index contributed by atoms with van der Waals surface area (Å²) in [5.41, 5.74) is 0.864. The van der Waals surface area contributed by atoms with Crippen molar-refractivity contribution in [2.45, 2.75) is 22.1 Å². The minimum Gasteiger partial charge on any atom is -0.505 e. The minimum atomic E-state index is -2.00. The van der Waals surface area contributed by atoms with E-state index in [1.165, 1.54) is 24.3 Å². The number of amides is 2. The van der Waals surface area contributed by atoms with E-state index < -0.39 is 44.9 Å². The standard InChI is InChI=1S/C22H15Cl2F2NO3/c1-2-12-9-10-21(23)19(29)27(15-6-4-14(25)5-7-15)20(30)22(21,24)18(12)13-3-8-17(28)16(26)11-13/h2-9,11,18,28H,1,10H2/t18-,21-,22+/m1/s1. The molecule has 0 unspecified atom stereocenters. The van der Waals surface area contributed by atoms with Gasteiger partial charge >= 0.3 is 0 Å². The highest BCUT2D eigenvalue weighted by Gasteiger charge is 2.73. The topological polar surface area (TPSA) is 57.6 Å². The number of hydrogen-bond donors (Lipinski definition) is 1. The summed E-state index contributed by atoms with van der Waals surface area (Å²) >= 11 is 13.6. The van der Waals surface area contributed by atoms with Crippen LogP contribution >= 0.6 is 23.2 Å². The molecule has 1 aliphatic carbocycles. The number of anilines is 1. The molecular formula is C22H15Cl2F2NO3. The van der Waals surface area contributed by atoms with Gasteiger partial charge < -0.3 is 5.11 Å². The van der Waals surface area contributed by atoms with Gasteiger partial charge in [-0.2, -0.15) is 0 Å². The number of carbonyl (C=O) groups excluding carboxylic acids is 2. The first-order chi connectivity index (χ1) is 14.1. The van der Waals surface area contributed by atoms with Gasteiger partial charge in [0, 0.05) is 5.92 Å².